The largest absolute Gasteiger partial charge is 0.478 e. The first-order chi connectivity index (χ1) is 8.56. The predicted octanol–water partition coefficient (Wildman–Crippen LogP) is 0.541. The summed E-state index contributed by atoms with van der Waals surface area (Å²) in [4.78, 5) is 13.1. The Morgan fingerprint density at radius 2 is 2.00 bits per heavy atom. The number of piperazine rings is 1. The molecule has 0 aliphatic carbocycles. The lowest BCUT2D eigenvalue weighted by molar-refractivity contribution is 0.0698. The summed E-state index contributed by atoms with van der Waals surface area (Å²) in [5, 5.41) is 11.0. The fourth-order valence-corrected chi connectivity index (χ4v) is 1.93. The van der Waals surface area contributed by atoms with Crippen molar-refractivity contribution in [2.45, 2.75) is 0 Å². The van der Waals surface area contributed by atoms with Crippen molar-refractivity contribution in [3.05, 3.63) is 23.8 Å². The number of nitrogens with zero attached hydrogens (tertiary/aromatic N) is 2. The molecule has 0 unspecified atom stereocenters. The van der Waals surface area contributed by atoms with Crippen LogP contribution in [-0.4, -0.2) is 54.2 Å². The molecular formula is C12H18N4O2. The molecule has 0 saturated carbocycles. The van der Waals surface area contributed by atoms with E-state index in [1.807, 2.05) is 0 Å². The Balaban J connectivity index is 2.02. The highest BCUT2D eigenvalue weighted by atomic mass is 16.4. The van der Waals surface area contributed by atoms with Gasteiger partial charge in [-0.15, -0.1) is 0 Å². The van der Waals surface area contributed by atoms with Crippen LogP contribution in [0.5, 0.6) is 0 Å². The summed E-state index contributed by atoms with van der Waals surface area (Å²) in [5.74, 6) is -1.00. The minimum atomic E-state index is -1.00. The number of hydrazine groups is 1. The lowest BCUT2D eigenvalue weighted by Crippen LogP contribution is -2.46. The van der Waals surface area contributed by atoms with Gasteiger partial charge in [0.2, 0.25) is 0 Å². The predicted molar refractivity (Wildman–Crippen MR) is 70.5 cm³/mol. The van der Waals surface area contributed by atoms with E-state index in [2.05, 4.69) is 22.4 Å². The fourth-order valence-electron chi connectivity index (χ4n) is 1.93. The molecule has 2 rings (SSSR count). The van der Waals surface area contributed by atoms with Gasteiger partial charge in [-0.05, 0) is 25.2 Å². The van der Waals surface area contributed by atoms with Crippen LogP contribution in [0, 0.1) is 0 Å². The second-order valence-electron chi connectivity index (χ2n) is 4.51. The standard InChI is InChI=1S/C12H18N4O2/c1-15-4-6-16(7-5-15)14-9-2-3-10(12(17)18)11(13)8-9/h2-3,8,14H,4-7,13H2,1H3,(H,17,18). The van der Waals surface area contributed by atoms with E-state index in [9.17, 15) is 4.79 Å². The first-order valence-electron chi connectivity index (χ1n) is 5.89. The van der Waals surface area contributed by atoms with Crippen molar-refractivity contribution in [1.82, 2.24) is 9.91 Å². The zero-order valence-corrected chi connectivity index (χ0v) is 10.4. The van der Waals surface area contributed by atoms with Crippen molar-refractivity contribution in [1.29, 1.82) is 0 Å². The van der Waals surface area contributed by atoms with Crippen molar-refractivity contribution in [2.75, 3.05) is 44.4 Å². The van der Waals surface area contributed by atoms with Crippen LogP contribution in [0.3, 0.4) is 0 Å². The first kappa shape index (κ1) is 12.7. The van der Waals surface area contributed by atoms with Crippen LogP contribution in [0.1, 0.15) is 10.4 Å². The molecule has 0 radical (unpaired) electrons. The lowest BCUT2D eigenvalue weighted by atomic mass is 10.1. The molecule has 1 fully saturated rings. The molecule has 18 heavy (non-hydrogen) atoms. The Bertz CT molecular complexity index is 442. The number of aromatic carboxylic acids is 1. The maximum absolute atomic E-state index is 10.8. The average molecular weight is 250 g/mol. The number of nitrogens with two attached hydrogens (primary N) is 1. The summed E-state index contributed by atoms with van der Waals surface area (Å²) in [6, 6.07) is 4.91. The van der Waals surface area contributed by atoms with Crippen molar-refractivity contribution in [3.63, 3.8) is 0 Å². The second-order valence-corrected chi connectivity index (χ2v) is 4.51. The van der Waals surface area contributed by atoms with E-state index >= 15 is 0 Å². The normalized spacial score (nSPS) is 17.6. The van der Waals surface area contributed by atoms with Gasteiger partial charge in [-0.25, -0.2) is 9.80 Å². The van der Waals surface area contributed by atoms with Crippen molar-refractivity contribution in [3.8, 4) is 0 Å². The molecule has 1 aliphatic rings. The number of nitrogen functional groups attached to an aromatic ring is 1. The maximum atomic E-state index is 10.8. The van der Waals surface area contributed by atoms with Gasteiger partial charge in [0.1, 0.15) is 0 Å². The minimum absolute atomic E-state index is 0.138. The number of likely N-dealkylation sites (N-methyl/N-ethyl adjacent to an activating group) is 1. The van der Waals surface area contributed by atoms with E-state index in [4.69, 9.17) is 10.8 Å². The summed E-state index contributed by atoms with van der Waals surface area (Å²) >= 11 is 0. The molecule has 1 aliphatic heterocycles. The Morgan fingerprint density at radius 3 is 2.56 bits per heavy atom. The number of benzene rings is 1. The van der Waals surface area contributed by atoms with Crippen molar-refractivity contribution < 1.29 is 9.90 Å². The van der Waals surface area contributed by atoms with Crippen LogP contribution in [0.2, 0.25) is 0 Å². The summed E-state index contributed by atoms with van der Waals surface area (Å²) in [5.41, 5.74) is 10.2. The molecule has 1 saturated heterocycles. The van der Waals surface area contributed by atoms with Gasteiger partial charge in [0.05, 0.1) is 11.3 Å². The topological polar surface area (TPSA) is 81.8 Å². The molecule has 6 heteroatoms. The zero-order valence-electron chi connectivity index (χ0n) is 10.4. The Hall–Kier alpha value is -1.79. The van der Waals surface area contributed by atoms with Crippen LogP contribution < -0.4 is 11.2 Å². The number of hydrogen-bond acceptors (Lipinski definition) is 5. The molecule has 0 atom stereocenters. The van der Waals surface area contributed by atoms with Crippen LogP contribution in [-0.2, 0) is 0 Å². The fraction of sp³-hybridized carbons (Fsp3) is 0.417. The quantitative estimate of drug-likeness (QED) is 0.679. The smallest absolute Gasteiger partial charge is 0.337 e. The number of hydrogen-bond donors (Lipinski definition) is 3. The molecule has 1 heterocycles. The Kier molecular flexibility index (Phi) is 3.69. The number of carbonyl (C=O) groups is 1. The van der Waals surface area contributed by atoms with Gasteiger partial charge >= 0.3 is 5.97 Å². The van der Waals surface area contributed by atoms with E-state index in [-0.39, 0.29) is 11.3 Å². The molecular weight excluding hydrogens is 232 g/mol. The van der Waals surface area contributed by atoms with E-state index in [0.717, 1.165) is 31.9 Å². The third-order valence-corrected chi connectivity index (χ3v) is 3.07. The number of rotatable bonds is 3. The summed E-state index contributed by atoms with van der Waals surface area (Å²) in [6.07, 6.45) is 0. The van der Waals surface area contributed by atoms with Gasteiger partial charge in [0, 0.05) is 31.9 Å². The van der Waals surface area contributed by atoms with Gasteiger partial charge in [0.15, 0.2) is 0 Å². The highest BCUT2D eigenvalue weighted by molar-refractivity contribution is 5.94. The SMILES string of the molecule is CN1CCN(Nc2ccc(C(=O)O)c(N)c2)CC1. The number of nitrogens with one attached hydrogen (secondary N) is 1. The van der Waals surface area contributed by atoms with Gasteiger partial charge in [-0.1, -0.05) is 0 Å². The molecule has 0 aromatic heterocycles. The highest BCUT2D eigenvalue weighted by Crippen LogP contribution is 2.18. The average Bonchev–Trinajstić information content (AvgIpc) is 2.32. The van der Waals surface area contributed by atoms with Gasteiger partial charge in [-0.2, -0.15) is 0 Å². The molecule has 6 nitrogen and oxygen atoms in total. The van der Waals surface area contributed by atoms with Crippen LogP contribution in [0.25, 0.3) is 0 Å². The molecule has 98 valence electrons. The van der Waals surface area contributed by atoms with E-state index in [1.165, 1.54) is 6.07 Å². The molecule has 0 spiro atoms. The minimum Gasteiger partial charge on any atom is -0.478 e. The van der Waals surface area contributed by atoms with Crippen LogP contribution >= 0.6 is 0 Å². The molecule has 1 aromatic carbocycles. The van der Waals surface area contributed by atoms with Crippen molar-refractivity contribution >= 4 is 17.3 Å². The van der Waals surface area contributed by atoms with E-state index < -0.39 is 5.97 Å². The summed E-state index contributed by atoms with van der Waals surface area (Å²) in [7, 11) is 2.09. The summed E-state index contributed by atoms with van der Waals surface area (Å²) in [6.45, 7) is 3.87. The molecule has 1 aromatic rings. The molecule has 4 N–H and O–H groups in total. The van der Waals surface area contributed by atoms with Crippen molar-refractivity contribution in [2.24, 2.45) is 0 Å². The highest BCUT2D eigenvalue weighted by Gasteiger charge is 2.14. The van der Waals surface area contributed by atoms with Gasteiger partial charge in [-0.3, -0.25) is 0 Å². The lowest BCUT2D eigenvalue weighted by Gasteiger charge is -2.33. The number of carboxylic acids is 1. The Morgan fingerprint density at radius 1 is 1.33 bits per heavy atom. The third kappa shape index (κ3) is 2.91. The van der Waals surface area contributed by atoms with Gasteiger partial charge in [0.25, 0.3) is 0 Å². The van der Waals surface area contributed by atoms with E-state index in [1.54, 1.807) is 12.1 Å². The zero-order chi connectivity index (χ0) is 13.1. The van der Waals surface area contributed by atoms with Crippen LogP contribution in [0.4, 0.5) is 11.4 Å². The third-order valence-electron chi connectivity index (χ3n) is 3.07. The molecule has 0 bridgehead atoms. The first-order valence-corrected chi connectivity index (χ1v) is 5.89. The van der Waals surface area contributed by atoms with Gasteiger partial charge < -0.3 is 21.2 Å². The number of anilines is 2. The Labute approximate surface area is 106 Å². The molecule has 0 amide bonds. The van der Waals surface area contributed by atoms with E-state index in [0.29, 0.717) is 0 Å². The summed E-state index contributed by atoms with van der Waals surface area (Å²) < 4.78 is 0. The number of carboxylic acid groups (broad SMARTS) is 1. The second kappa shape index (κ2) is 5.24. The van der Waals surface area contributed by atoms with Crippen LogP contribution in [0.15, 0.2) is 18.2 Å². The monoisotopic (exact) mass is 250 g/mol. The maximum Gasteiger partial charge on any atom is 0.337 e.